The van der Waals surface area contributed by atoms with E-state index in [4.69, 9.17) is 46.4 Å². The summed E-state index contributed by atoms with van der Waals surface area (Å²) >= 11 is 24.4. The second kappa shape index (κ2) is 7.02. The molecule has 2 aromatic carbocycles. The Hall–Kier alpha value is -0.440. The first-order valence-corrected chi connectivity index (χ1v) is 7.58. The molecule has 0 aromatic heterocycles. The molecule has 106 valence electrons. The highest BCUT2D eigenvalue weighted by Crippen LogP contribution is 2.30. The Balaban J connectivity index is 2.31. The molecule has 0 saturated carbocycles. The molecule has 0 aliphatic carbocycles. The number of hydrogen-bond acceptors (Lipinski definition) is 1. The van der Waals surface area contributed by atoms with E-state index in [-0.39, 0.29) is 6.04 Å². The lowest BCUT2D eigenvalue weighted by molar-refractivity contribution is 0.592. The predicted molar refractivity (Wildman–Crippen MR) is 88.4 cm³/mol. The standard InChI is InChI=1S/C15H13Cl4N/c1-20-15(12-4-2-11(17)8-14(12)19)7-9-6-10(16)3-5-13(9)18/h2-6,8,15,20H,7H2,1H3. The van der Waals surface area contributed by atoms with Crippen LogP contribution in [0, 0.1) is 0 Å². The highest BCUT2D eigenvalue weighted by molar-refractivity contribution is 6.35. The van der Waals surface area contributed by atoms with E-state index in [0.717, 1.165) is 11.1 Å². The van der Waals surface area contributed by atoms with Crippen LogP contribution in [0.3, 0.4) is 0 Å². The molecule has 0 spiro atoms. The monoisotopic (exact) mass is 347 g/mol. The second-order valence-electron chi connectivity index (χ2n) is 4.45. The van der Waals surface area contributed by atoms with Crippen molar-refractivity contribution in [1.82, 2.24) is 5.32 Å². The number of hydrogen-bond donors (Lipinski definition) is 1. The summed E-state index contributed by atoms with van der Waals surface area (Å²) < 4.78 is 0. The second-order valence-corrected chi connectivity index (χ2v) is 6.13. The molecule has 5 heteroatoms. The average molecular weight is 349 g/mol. The lowest BCUT2D eigenvalue weighted by Gasteiger charge is -2.19. The summed E-state index contributed by atoms with van der Waals surface area (Å²) in [5.74, 6) is 0. The maximum atomic E-state index is 6.26. The van der Waals surface area contributed by atoms with Gasteiger partial charge in [-0.05, 0) is 54.9 Å². The van der Waals surface area contributed by atoms with Gasteiger partial charge in [0.2, 0.25) is 0 Å². The van der Waals surface area contributed by atoms with Crippen molar-refractivity contribution >= 4 is 46.4 Å². The van der Waals surface area contributed by atoms with E-state index in [9.17, 15) is 0 Å². The largest absolute Gasteiger partial charge is 0.313 e. The summed E-state index contributed by atoms with van der Waals surface area (Å²) in [6, 6.07) is 11.0. The van der Waals surface area contributed by atoms with Gasteiger partial charge in [-0.2, -0.15) is 0 Å². The minimum Gasteiger partial charge on any atom is -0.313 e. The van der Waals surface area contributed by atoms with Crippen molar-refractivity contribution in [2.24, 2.45) is 0 Å². The smallest absolute Gasteiger partial charge is 0.0468 e. The van der Waals surface area contributed by atoms with Gasteiger partial charge in [0.15, 0.2) is 0 Å². The van der Waals surface area contributed by atoms with Crippen LogP contribution in [0.15, 0.2) is 36.4 Å². The minimum absolute atomic E-state index is 0.0377. The quantitative estimate of drug-likeness (QED) is 0.735. The molecule has 0 fully saturated rings. The van der Waals surface area contributed by atoms with Crippen LogP contribution in [0.2, 0.25) is 20.1 Å². The van der Waals surface area contributed by atoms with E-state index in [1.165, 1.54) is 0 Å². The molecule has 2 aromatic rings. The minimum atomic E-state index is 0.0377. The third-order valence-corrected chi connectivity index (χ3v) is 4.28. The Labute approximate surface area is 138 Å². The van der Waals surface area contributed by atoms with Gasteiger partial charge in [-0.25, -0.2) is 0 Å². The molecule has 0 heterocycles. The van der Waals surface area contributed by atoms with Crippen molar-refractivity contribution in [2.75, 3.05) is 7.05 Å². The van der Waals surface area contributed by atoms with Gasteiger partial charge in [0.25, 0.3) is 0 Å². The predicted octanol–water partition coefficient (Wildman–Crippen LogP) is 5.80. The number of nitrogens with one attached hydrogen (secondary N) is 1. The summed E-state index contributed by atoms with van der Waals surface area (Å²) in [6.45, 7) is 0. The Bertz CT molecular complexity index is 613. The van der Waals surface area contributed by atoms with Crippen LogP contribution in [0.25, 0.3) is 0 Å². The van der Waals surface area contributed by atoms with Crippen LogP contribution >= 0.6 is 46.4 Å². The number of likely N-dealkylation sites (N-methyl/N-ethyl adjacent to an activating group) is 1. The molecular weight excluding hydrogens is 336 g/mol. The molecule has 2 rings (SSSR count). The Morgan fingerprint density at radius 3 is 2.20 bits per heavy atom. The van der Waals surface area contributed by atoms with Crippen molar-refractivity contribution < 1.29 is 0 Å². The topological polar surface area (TPSA) is 12.0 Å². The fourth-order valence-electron chi connectivity index (χ4n) is 2.07. The average Bonchev–Trinajstić information content (AvgIpc) is 2.40. The Morgan fingerprint density at radius 2 is 1.55 bits per heavy atom. The zero-order valence-electron chi connectivity index (χ0n) is 10.8. The first-order chi connectivity index (χ1) is 9.51. The zero-order valence-corrected chi connectivity index (χ0v) is 13.8. The molecular formula is C15H13Cl4N. The summed E-state index contributed by atoms with van der Waals surface area (Å²) in [5.41, 5.74) is 1.96. The van der Waals surface area contributed by atoms with E-state index < -0.39 is 0 Å². The highest BCUT2D eigenvalue weighted by atomic mass is 35.5. The van der Waals surface area contributed by atoms with Crippen LogP contribution in [0.1, 0.15) is 17.2 Å². The van der Waals surface area contributed by atoms with Crippen molar-refractivity contribution in [3.8, 4) is 0 Å². The molecule has 0 amide bonds. The highest BCUT2D eigenvalue weighted by Gasteiger charge is 2.15. The van der Waals surface area contributed by atoms with Crippen LogP contribution in [-0.4, -0.2) is 7.05 Å². The Morgan fingerprint density at radius 1 is 0.900 bits per heavy atom. The number of rotatable bonds is 4. The molecule has 1 N–H and O–H groups in total. The van der Waals surface area contributed by atoms with Gasteiger partial charge in [-0.15, -0.1) is 0 Å². The fourth-order valence-corrected chi connectivity index (χ4v) is 3.00. The van der Waals surface area contributed by atoms with Crippen LogP contribution in [-0.2, 0) is 6.42 Å². The molecule has 1 atom stereocenters. The molecule has 0 aliphatic heterocycles. The molecule has 1 unspecified atom stereocenters. The molecule has 0 radical (unpaired) electrons. The molecule has 1 nitrogen and oxygen atoms in total. The van der Waals surface area contributed by atoms with E-state index >= 15 is 0 Å². The van der Waals surface area contributed by atoms with E-state index in [0.29, 0.717) is 26.5 Å². The summed E-state index contributed by atoms with van der Waals surface area (Å²) in [7, 11) is 1.88. The van der Waals surface area contributed by atoms with Gasteiger partial charge < -0.3 is 5.32 Å². The van der Waals surface area contributed by atoms with E-state index in [2.05, 4.69) is 5.32 Å². The third kappa shape index (κ3) is 3.81. The molecule has 0 bridgehead atoms. The first kappa shape index (κ1) is 15.9. The number of benzene rings is 2. The lowest BCUT2D eigenvalue weighted by atomic mass is 9.99. The van der Waals surface area contributed by atoms with Gasteiger partial charge in [0, 0.05) is 26.1 Å². The van der Waals surface area contributed by atoms with E-state index in [1.807, 2.05) is 25.2 Å². The van der Waals surface area contributed by atoms with Crippen molar-refractivity contribution in [1.29, 1.82) is 0 Å². The number of halogens is 4. The molecule has 0 saturated heterocycles. The van der Waals surface area contributed by atoms with Crippen LogP contribution in [0.4, 0.5) is 0 Å². The maximum Gasteiger partial charge on any atom is 0.0468 e. The van der Waals surface area contributed by atoms with Crippen molar-refractivity contribution in [2.45, 2.75) is 12.5 Å². The molecule has 20 heavy (non-hydrogen) atoms. The van der Waals surface area contributed by atoms with Gasteiger partial charge in [0.05, 0.1) is 0 Å². The maximum absolute atomic E-state index is 6.26. The van der Waals surface area contributed by atoms with Gasteiger partial charge in [0.1, 0.15) is 0 Å². The van der Waals surface area contributed by atoms with Crippen molar-refractivity contribution in [3.05, 3.63) is 67.6 Å². The SMILES string of the molecule is CNC(Cc1cc(Cl)ccc1Cl)c1ccc(Cl)cc1Cl. The van der Waals surface area contributed by atoms with E-state index in [1.54, 1.807) is 18.2 Å². The van der Waals surface area contributed by atoms with Gasteiger partial charge in [-0.3, -0.25) is 0 Å². The van der Waals surface area contributed by atoms with Gasteiger partial charge >= 0.3 is 0 Å². The lowest BCUT2D eigenvalue weighted by Crippen LogP contribution is -2.19. The van der Waals surface area contributed by atoms with Crippen LogP contribution in [0.5, 0.6) is 0 Å². The summed E-state index contributed by atoms with van der Waals surface area (Å²) in [5, 5.41) is 5.86. The Kier molecular flexibility index (Phi) is 5.59. The summed E-state index contributed by atoms with van der Waals surface area (Å²) in [4.78, 5) is 0. The van der Waals surface area contributed by atoms with Crippen LogP contribution < -0.4 is 5.32 Å². The third-order valence-electron chi connectivity index (χ3n) is 3.12. The molecule has 0 aliphatic rings. The fraction of sp³-hybridized carbons (Fsp3) is 0.200. The summed E-state index contributed by atoms with van der Waals surface area (Å²) in [6.07, 6.45) is 0.692. The zero-order chi connectivity index (χ0) is 14.7. The normalized spacial score (nSPS) is 12.4. The first-order valence-electron chi connectivity index (χ1n) is 6.07. The van der Waals surface area contributed by atoms with Crippen molar-refractivity contribution in [3.63, 3.8) is 0 Å². The van der Waals surface area contributed by atoms with Gasteiger partial charge in [-0.1, -0.05) is 52.5 Å².